The molecule has 0 aliphatic heterocycles. The summed E-state index contributed by atoms with van der Waals surface area (Å²) >= 11 is 0. The molecule has 0 fully saturated rings. The minimum Gasteiger partial charge on any atom is -0.313 e. The number of hydrogen-bond donors (Lipinski definition) is 1. The maximum Gasteiger partial charge on any atom is 0.165 e. The second kappa shape index (κ2) is 3.79. The van der Waals surface area contributed by atoms with Crippen molar-refractivity contribution >= 4 is 0 Å². The first-order valence-electron chi connectivity index (χ1n) is 4.76. The van der Waals surface area contributed by atoms with E-state index in [1.165, 1.54) is 12.8 Å². The maximum atomic E-state index is 4.47. The summed E-state index contributed by atoms with van der Waals surface area (Å²) in [7, 11) is 1.89. The highest BCUT2D eigenvalue weighted by atomic mass is 15.2. The van der Waals surface area contributed by atoms with Crippen LogP contribution in [0.4, 0.5) is 0 Å². The summed E-state index contributed by atoms with van der Waals surface area (Å²) in [6.07, 6.45) is 4.59. The lowest BCUT2D eigenvalue weighted by Crippen LogP contribution is -2.15. The van der Waals surface area contributed by atoms with Gasteiger partial charge in [0.15, 0.2) is 5.82 Å². The van der Waals surface area contributed by atoms with Crippen molar-refractivity contribution in [3.63, 3.8) is 0 Å². The Balaban J connectivity index is 2.24. The largest absolute Gasteiger partial charge is 0.313 e. The molecule has 4 nitrogen and oxygen atoms in total. The third-order valence-corrected chi connectivity index (χ3v) is 2.30. The first kappa shape index (κ1) is 8.56. The quantitative estimate of drug-likeness (QED) is 0.715. The van der Waals surface area contributed by atoms with Crippen LogP contribution in [-0.4, -0.2) is 22.2 Å². The smallest absolute Gasteiger partial charge is 0.165 e. The molecule has 0 aromatic carbocycles. The average molecular weight is 178 g/mol. The van der Waals surface area contributed by atoms with Gasteiger partial charge < -0.3 is 5.32 Å². The van der Waals surface area contributed by atoms with E-state index in [4.69, 9.17) is 0 Å². The van der Waals surface area contributed by atoms with Crippen LogP contribution in [0.3, 0.4) is 0 Å². The molecule has 0 radical (unpaired) electrons. The summed E-state index contributed by atoms with van der Waals surface area (Å²) in [5.74, 6) is 0.808. The van der Waals surface area contributed by atoms with E-state index in [2.05, 4.69) is 20.5 Å². The van der Waals surface area contributed by atoms with Crippen molar-refractivity contribution in [2.75, 3.05) is 7.05 Å². The van der Waals surface area contributed by atoms with Crippen molar-refractivity contribution in [2.45, 2.75) is 32.2 Å². The second-order valence-corrected chi connectivity index (χ2v) is 3.36. The van der Waals surface area contributed by atoms with Gasteiger partial charge in [0.2, 0.25) is 0 Å². The molecule has 0 unspecified atom stereocenters. The number of aromatic nitrogens is 3. The summed E-state index contributed by atoms with van der Waals surface area (Å²) in [4.78, 5) is 4.47. The highest BCUT2D eigenvalue weighted by Crippen LogP contribution is 2.15. The predicted octanol–water partition coefficient (Wildman–Crippen LogP) is 0.470. The first-order chi connectivity index (χ1) is 6.40. The Bertz CT molecular complexity index is 298. The van der Waals surface area contributed by atoms with E-state index in [0.717, 1.165) is 30.1 Å². The average Bonchev–Trinajstić information content (AvgIpc) is 2.18. The molecule has 70 valence electrons. The monoisotopic (exact) mass is 178 g/mol. The Kier molecular flexibility index (Phi) is 2.49. The van der Waals surface area contributed by atoms with Crippen molar-refractivity contribution in [2.24, 2.45) is 0 Å². The van der Waals surface area contributed by atoms with Gasteiger partial charge in [0.1, 0.15) is 0 Å². The molecule has 0 spiro atoms. The Morgan fingerprint density at radius 2 is 1.92 bits per heavy atom. The van der Waals surface area contributed by atoms with Gasteiger partial charge in [-0.3, -0.25) is 0 Å². The zero-order chi connectivity index (χ0) is 9.10. The molecule has 0 atom stereocenters. The molecule has 4 heteroatoms. The Hall–Kier alpha value is -1.03. The predicted molar refractivity (Wildman–Crippen MR) is 49.2 cm³/mol. The Morgan fingerprint density at radius 1 is 1.15 bits per heavy atom. The van der Waals surface area contributed by atoms with Crippen molar-refractivity contribution in [1.29, 1.82) is 0 Å². The van der Waals surface area contributed by atoms with Gasteiger partial charge in [0.05, 0.1) is 17.9 Å². The molecular weight excluding hydrogens is 164 g/mol. The number of aryl methyl sites for hydroxylation is 2. The van der Waals surface area contributed by atoms with Crippen molar-refractivity contribution in [3.05, 3.63) is 17.2 Å². The topological polar surface area (TPSA) is 50.7 Å². The lowest BCUT2D eigenvalue weighted by atomic mass is 10.0. The molecule has 1 aromatic heterocycles. The molecule has 0 saturated carbocycles. The number of rotatable bonds is 2. The van der Waals surface area contributed by atoms with Gasteiger partial charge >= 0.3 is 0 Å². The van der Waals surface area contributed by atoms with Crippen molar-refractivity contribution in [3.8, 4) is 0 Å². The zero-order valence-electron chi connectivity index (χ0n) is 7.88. The van der Waals surface area contributed by atoms with E-state index in [1.54, 1.807) is 0 Å². The molecule has 1 heterocycles. The van der Waals surface area contributed by atoms with Crippen LogP contribution in [0.15, 0.2) is 0 Å². The van der Waals surface area contributed by atoms with Crippen molar-refractivity contribution in [1.82, 2.24) is 20.5 Å². The highest BCUT2D eigenvalue weighted by molar-refractivity contribution is 5.13. The molecule has 0 saturated heterocycles. The van der Waals surface area contributed by atoms with E-state index in [1.807, 2.05) is 7.05 Å². The number of nitrogens with one attached hydrogen (secondary N) is 1. The van der Waals surface area contributed by atoms with Crippen LogP contribution in [0.5, 0.6) is 0 Å². The molecular formula is C9H14N4. The van der Waals surface area contributed by atoms with Crippen LogP contribution in [0.1, 0.15) is 30.1 Å². The fourth-order valence-corrected chi connectivity index (χ4v) is 1.63. The summed E-state index contributed by atoms with van der Waals surface area (Å²) in [5.41, 5.74) is 2.26. The van der Waals surface area contributed by atoms with Gasteiger partial charge in [-0.2, -0.15) is 5.10 Å². The van der Waals surface area contributed by atoms with Gasteiger partial charge in [0.25, 0.3) is 0 Å². The van der Waals surface area contributed by atoms with Crippen LogP contribution in [0, 0.1) is 0 Å². The molecule has 1 aromatic rings. The number of hydrogen-bond acceptors (Lipinski definition) is 4. The van der Waals surface area contributed by atoms with Crippen LogP contribution in [0.25, 0.3) is 0 Å². The molecule has 1 aliphatic carbocycles. The summed E-state index contributed by atoms with van der Waals surface area (Å²) in [6, 6.07) is 0. The Morgan fingerprint density at radius 3 is 2.69 bits per heavy atom. The van der Waals surface area contributed by atoms with E-state index in [0.29, 0.717) is 6.54 Å². The SMILES string of the molecule is CNCc1nnc2c(n1)CCCC2. The highest BCUT2D eigenvalue weighted by Gasteiger charge is 2.12. The third-order valence-electron chi connectivity index (χ3n) is 2.30. The van der Waals surface area contributed by atoms with Crippen molar-refractivity contribution < 1.29 is 0 Å². The second-order valence-electron chi connectivity index (χ2n) is 3.36. The molecule has 1 N–H and O–H groups in total. The van der Waals surface area contributed by atoms with Crippen LogP contribution < -0.4 is 5.32 Å². The minimum absolute atomic E-state index is 0.709. The van der Waals surface area contributed by atoms with Gasteiger partial charge in [-0.15, -0.1) is 5.10 Å². The number of fused-ring (bicyclic) bond motifs is 1. The van der Waals surface area contributed by atoms with Gasteiger partial charge in [-0.05, 0) is 32.7 Å². The van der Waals surface area contributed by atoms with E-state index in [9.17, 15) is 0 Å². The lowest BCUT2D eigenvalue weighted by molar-refractivity contribution is 0.609. The summed E-state index contributed by atoms with van der Waals surface area (Å²) in [6.45, 7) is 0.709. The summed E-state index contributed by atoms with van der Waals surface area (Å²) in [5, 5.41) is 11.3. The minimum atomic E-state index is 0.709. The lowest BCUT2D eigenvalue weighted by Gasteiger charge is -2.12. The fourth-order valence-electron chi connectivity index (χ4n) is 1.63. The molecule has 1 aliphatic rings. The van der Waals surface area contributed by atoms with Gasteiger partial charge in [-0.1, -0.05) is 0 Å². The van der Waals surface area contributed by atoms with Crippen LogP contribution in [0.2, 0.25) is 0 Å². The zero-order valence-corrected chi connectivity index (χ0v) is 7.88. The van der Waals surface area contributed by atoms with Crippen LogP contribution >= 0.6 is 0 Å². The van der Waals surface area contributed by atoms with E-state index >= 15 is 0 Å². The normalized spacial score (nSPS) is 15.5. The molecule has 13 heavy (non-hydrogen) atoms. The van der Waals surface area contributed by atoms with Crippen LogP contribution in [-0.2, 0) is 19.4 Å². The Labute approximate surface area is 77.8 Å². The standard InChI is InChI=1S/C9H14N4/c1-10-6-9-11-7-4-2-3-5-8(7)12-13-9/h10H,2-6H2,1H3. The third kappa shape index (κ3) is 1.83. The maximum absolute atomic E-state index is 4.47. The molecule has 2 rings (SSSR count). The van der Waals surface area contributed by atoms with Gasteiger partial charge in [0, 0.05) is 0 Å². The first-order valence-corrected chi connectivity index (χ1v) is 4.76. The van der Waals surface area contributed by atoms with E-state index < -0.39 is 0 Å². The number of nitrogens with zero attached hydrogens (tertiary/aromatic N) is 3. The summed E-state index contributed by atoms with van der Waals surface area (Å²) < 4.78 is 0. The van der Waals surface area contributed by atoms with Gasteiger partial charge in [-0.25, -0.2) is 4.98 Å². The molecule has 0 amide bonds. The molecule has 0 bridgehead atoms. The fraction of sp³-hybridized carbons (Fsp3) is 0.667. The van der Waals surface area contributed by atoms with E-state index in [-0.39, 0.29) is 0 Å².